The monoisotopic (exact) mass is 293 g/mol. The molecule has 0 aromatic heterocycles. The number of rotatable bonds is 5. The van der Waals surface area contributed by atoms with Crippen molar-refractivity contribution in [2.75, 3.05) is 13.2 Å². The summed E-state index contributed by atoms with van der Waals surface area (Å²) in [6.07, 6.45) is -4.41. The van der Waals surface area contributed by atoms with Gasteiger partial charge in [0, 0.05) is 13.2 Å². The summed E-state index contributed by atoms with van der Waals surface area (Å²) in [4.78, 5) is 11.7. The number of carbonyl (C=O) groups is 1. The van der Waals surface area contributed by atoms with Gasteiger partial charge in [0.05, 0.1) is 11.1 Å². The summed E-state index contributed by atoms with van der Waals surface area (Å²) >= 11 is 0. The van der Waals surface area contributed by atoms with E-state index in [9.17, 15) is 22.4 Å². The van der Waals surface area contributed by atoms with E-state index < -0.39 is 29.0 Å². The van der Waals surface area contributed by atoms with Crippen LogP contribution in [0.25, 0.3) is 0 Å². The van der Waals surface area contributed by atoms with E-state index in [2.05, 4.69) is 5.32 Å². The lowest BCUT2D eigenvalue weighted by Gasteiger charge is -2.13. The van der Waals surface area contributed by atoms with Gasteiger partial charge in [0.1, 0.15) is 5.82 Å². The second kappa shape index (κ2) is 6.69. The van der Waals surface area contributed by atoms with Crippen LogP contribution in [-0.2, 0) is 6.18 Å². The van der Waals surface area contributed by atoms with Crippen LogP contribution in [0.5, 0.6) is 0 Å². The molecule has 1 aromatic rings. The predicted octanol–water partition coefficient (Wildman–Crippen LogP) is 2.59. The van der Waals surface area contributed by atoms with E-state index in [-0.39, 0.29) is 19.1 Å². The Morgan fingerprint density at radius 2 is 2.05 bits per heavy atom. The highest BCUT2D eigenvalue weighted by molar-refractivity contribution is 5.94. The molecule has 0 heterocycles. The highest BCUT2D eigenvalue weighted by Gasteiger charge is 2.35. The van der Waals surface area contributed by atoms with Gasteiger partial charge in [0.2, 0.25) is 0 Å². The average molecular weight is 293 g/mol. The third kappa shape index (κ3) is 4.19. The Morgan fingerprint density at radius 3 is 2.60 bits per heavy atom. The van der Waals surface area contributed by atoms with E-state index in [1.165, 1.54) is 0 Å². The van der Waals surface area contributed by atoms with Crippen LogP contribution in [0.4, 0.5) is 17.6 Å². The normalized spacial score (nSPS) is 13.1. The van der Waals surface area contributed by atoms with E-state index in [4.69, 9.17) is 5.11 Å². The molecule has 0 radical (unpaired) electrons. The molecule has 0 aliphatic rings. The Hall–Kier alpha value is -1.63. The highest BCUT2D eigenvalue weighted by atomic mass is 19.4. The van der Waals surface area contributed by atoms with Crippen LogP contribution in [0.3, 0.4) is 0 Å². The maximum atomic E-state index is 13.7. The van der Waals surface area contributed by atoms with Gasteiger partial charge in [-0.05, 0) is 24.5 Å². The topological polar surface area (TPSA) is 49.3 Å². The molecular formula is C13H15F4NO2. The molecule has 0 bridgehead atoms. The molecule has 1 aromatic carbocycles. The van der Waals surface area contributed by atoms with Gasteiger partial charge >= 0.3 is 6.18 Å². The maximum Gasteiger partial charge on any atom is 0.419 e. The molecule has 1 atom stereocenters. The smallest absolute Gasteiger partial charge is 0.396 e. The molecule has 0 aliphatic carbocycles. The highest BCUT2D eigenvalue weighted by Crippen LogP contribution is 2.32. The Kier molecular flexibility index (Phi) is 5.50. The summed E-state index contributed by atoms with van der Waals surface area (Å²) in [5, 5.41) is 11.0. The van der Waals surface area contributed by atoms with Crippen molar-refractivity contribution in [1.82, 2.24) is 5.32 Å². The number of alkyl halides is 3. The number of halogens is 4. The zero-order chi connectivity index (χ0) is 15.3. The van der Waals surface area contributed by atoms with E-state index in [0.29, 0.717) is 12.5 Å². The molecule has 1 amide bonds. The van der Waals surface area contributed by atoms with Crippen LogP contribution < -0.4 is 5.32 Å². The molecule has 0 saturated heterocycles. The fraction of sp³-hybridized carbons (Fsp3) is 0.462. The number of nitrogens with one attached hydrogen (secondary N) is 1. The van der Waals surface area contributed by atoms with Crippen LogP contribution in [0, 0.1) is 11.7 Å². The van der Waals surface area contributed by atoms with Crippen molar-refractivity contribution < 1.29 is 27.5 Å². The summed E-state index contributed by atoms with van der Waals surface area (Å²) in [6, 6.07) is 2.56. The fourth-order valence-electron chi connectivity index (χ4n) is 1.61. The SMILES string of the molecule is CC(CCO)CNC(=O)c1cccc(C(F)(F)F)c1F. The van der Waals surface area contributed by atoms with Gasteiger partial charge in [-0.25, -0.2) is 4.39 Å². The van der Waals surface area contributed by atoms with E-state index >= 15 is 0 Å². The first kappa shape index (κ1) is 16.4. The van der Waals surface area contributed by atoms with Gasteiger partial charge < -0.3 is 10.4 Å². The number of aliphatic hydroxyl groups excluding tert-OH is 1. The van der Waals surface area contributed by atoms with Crippen molar-refractivity contribution in [2.45, 2.75) is 19.5 Å². The summed E-state index contributed by atoms with van der Waals surface area (Å²) in [7, 11) is 0. The van der Waals surface area contributed by atoms with Gasteiger partial charge in [0.15, 0.2) is 0 Å². The van der Waals surface area contributed by atoms with Crippen molar-refractivity contribution in [1.29, 1.82) is 0 Å². The van der Waals surface area contributed by atoms with Crippen LogP contribution in [-0.4, -0.2) is 24.2 Å². The third-order valence-corrected chi connectivity index (χ3v) is 2.78. The number of hydrogen-bond donors (Lipinski definition) is 2. The second-order valence-corrected chi connectivity index (χ2v) is 4.49. The predicted molar refractivity (Wildman–Crippen MR) is 64.6 cm³/mol. The minimum Gasteiger partial charge on any atom is -0.396 e. The van der Waals surface area contributed by atoms with Gasteiger partial charge in [-0.2, -0.15) is 13.2 Å². The lowest BCUT2D eigenvalue weighted by Crippen LogP contribution is -2.30. The summed E-state index contributed by atoms with van der Waals surface area (Å²) in [6.45, 7) is 1.84. The third-order valence-electron chi connectivity index (χ3n) is 2.78. The number of hydrogen-bond acceptors (Lipinski definition) is 2. The molecule has 1 unspecified atom stereocenters. The Labute approximate surface area is 113 Å². The molecule has 0 spiro atoms. The molecule has 2 N–H and O–H groups in total. The summed E-state index contributed by atoms with van der Waals surface area (Å²) in [5.74, 6) is -2.54. The number of amides is 1. The first-order chi connectivity index (χ1) is 9.27. The minimum atomic E-state index is -4.84. The molecule has 20 heavy (non-hydrogen) atoms. The first-order valence-electron chi connectivity index (χ1n) is 6.02. The fourth-order valence-corrected chi connectivity index (χ4v) is 1.61. The minimum absolute atomic E-state index is 0.0576. The average Bonchev–Trinajstić information content (AvgIpc) is 2.35. The van der Waals surface area contributed by atoms with Gasteiger partial charge in [-0.15, -0.1) is 0 Å². The molecule has 0 saturated carbocycles. The summed E-state index contributed by atoms with van der Waals surface area (Å²) < 4.78 is 51.2. The molecule has 112 valence electrons. The number of aliphatic hydroxyl groups is 1. The van der Waals surface area contributed by atoms with E-state index in [0.717, 1.165) is 12.1 Å². The largest absolute Gasteiger partial charge is 0.419 e. The van der Waals surface area contributed by atoms with Crippen molar-refractivity contribution in [3.8, 4) is 0 Å². The van der Waals surface area contributed by atoms with Crippen LogP contribution >= 0.6 is 0 Å². The Bertz CT molecular complexity index is 474. The zero-order valence-electron chi connectivity index (χ0n) is 10.8. The van der Waals surface area contributed by atoms with Crippen LogP contribution in [0.15, 0.2) is 18.2 Å². The first-order valence-corrected chi connectivity index (χ1v) is 6.02. The van der Waals surface area contributed by atoms with Crippen molar-refractivity contribution in [2.24, 2.45) is 5.92 Å². The molecule has 0 aliphatic heterocycles. The van der Waals surface area contributed by atoms with E-state index in [1.54, 1.807) is 6.92 Å². The zero-order valence-corrected chi connectivity index (χ0v) is 10.8. The Morgan fingerprint density at radius 1 is 1.40 bits per heavy atom. The van der Waals surface area contributed by atoms with Gasteiger partial charge in [-0.1, -0.05) is 13.0 Å². The number of carbonyl (C=O) groups excluding carboxylic acids is 1. The molecule has 0 fully saturated rings. The van der Waals surface area contributed by atoms with Gasteiger partial charge in [0.25, 0.3) is 5.91 Å². The molecular weight excluding hydrogens is 278 g/mol. The summed E-state index contributed by atoms with van der Waals surface area (Å²) in [5.41, 5.74) is -2.11. The van der Waals surface area contributed by atoms with Crippen LogP contribution in [0.1, 0.15) is 29.3 Å². The Balaban J connectivity index is 2.84. The lowest BCUT2D eigenvalue weighted by molar-refractivity contribution is -0.140. The molecule has 3 nitrogen and oxygen atoms in total. The van der Waals surface area contributed by atoms with Gasteiger partial charge in [-0.3, -0.25) is 4.79 Å². The van der Waals surface area contributed by atoms with Crippen molar-refractivity contribution >= 4 is 5.91 Å². The molecule has 1 rings (SSSR count). The standard InChI is InChI=1S/C13H15F4NO2/c1-8(5-6-19)7-18-12(20)9-3-2-4-10(11(9)14)13(15,16)17/h2-4,8,19H,5-7H2,1H3,(H,18,20). The van der Waals surface area contributed by atoms with Crippen molar-refractivity contribution in [3.05, 3.63) is 35.1 Å². The van der Waals surface area contributed by atoms with E-state index in [1.807, 2.05) is 0 Å². The van der Waals surface area contributed by atoms with Crippen molar-refractivity contribution in [3.63, 3.8) is 0 Å². The number of benzene rings is 1. The van der Waals surface area contributed by atoms with Crippen LogP contribution in [0.2, 0.25) is 0 Å². The quantitative estimate of drug-likeness (QED) is 0.820. The second-order valence-electron chi connectivity index (χ2n) is 4.49. The molecule has 7 heteroatoms. The lowest BCUT2D eigenvalue weighted by atomic mass is 10.1. The maximum absolute atomic E-state index is 13.7.